The number of carboxylic acid groups (broad SMARTS) is 1. The maximum atomic E-state index is 12.1. The molecule has 0 heterocycles. The van der Waals surface area contributed by atoms with E-state index in [1.807, 2.05) is 36.4 Å². The summed E-state index contributed by atoms with van der Waals surface area (Å²) in [5.41, 5.74) is 7.99. The van der Waals surface area contributed by atoms with Crippen molar-refractivity contribution in [3.63, 3.8) is 0 Å². The molecule has 0 unspecified atom stereocenters. The summed E-state index contributed by atoms with van der Waals surface area (Å²) < 4.78 is 5.36. The second-order valence-corrected chi connectivity index (χ2v) is 6.71. The Morgan fingerprint density at radius 1 is 1.15 bits per heavy atom. The molecule has 2 aromatic carbocycles. The molecule has 0 bridgehead atoms. The van der Waals surface area contributed by atoms with E-state index in [1.165, 1.54) is 13.0 Å². The predicted molar refractivity (Wildman–Crippen MR) is 102 cm³/mol. The number of carbonyl (C=O) groups excluding carboxylic acids is 1. The van der Waals surface area contributed by atoms with Crippen LogP contribution in [0.5, 0.6) is 0 Å². The molecule has 0 saturated heterocycles. The van der Waals surface area contributed by atoms with Gasteiger partial charge < -0.3 is 9.84 Å². The Kier molecular flexibility index (Phi) is 5.28. The summed E-state index contributed by atoms with van der Waals surface area (Å²) in [6, 6.07) is 16.1. The Morgan fingerprint density at radius 2 is 1.70 bits per heavy atom. The summed E-state index contributed by atoms with van der Waals surface area (Å²) in [5, 5.41) is 9.30. The molecule has 1 atom stereocenters. The van der Waals surface area contributed by atoms with Gasteiger partial charge in [0.2, 0.25) is 0 Å². The van der Waals surface area contributed by atoms with Gasteiger partial charge in [-0.3, -0.25) is 10.2 Å². The number of amides is 1. The number of carboxylic acids is 1. The zero-order chi connectivity index (χ0) is 19.4. The van der Waals surface area contributed by atoms with Crippen LogP contribution >= 0.6 is 0 Å². The molecule has 0 aromatic heterocycles. The first-order chi connectivity index (χ1) is 13.0. The van der Waals surface area contributed by atoms with E-state index in [4.69, 9.17) is 4.74 Å². The van der Waals surface area contributed by atoms with Crippen LogP contribution in [0.2, 0.25) is 0 Å². The largest absolute Gasteiger partial charge is 0.480 e. The van der Waals surface area contributed by atoms with Crippen molar-refractivity contribution in [1.82, 2.24) is 10.9 Å². The number of nitrogens with one attached hydrogen (secondary N) is 2. The molecule has 3 rings (SSSR count). The van der Waals surface area contributed by atoms with Crippen molar-refractivity contribution in [3.05, 3.63) is 72.3 Å². The van der Waals surface area contributed by atoms with Crippen molar-refractivity contribution >= 4 is 12.1 Å². The second-order valence-electron chi connectivity index (χ2n) is 6.71. The van der Waals surface area contributed by atoms with E-state index in [2.05, 4.69) is 29.6 Å². The molecule has 6 nitrogen and oxygen atoms in total. The maximum absolute atomic E-state index is 12.1. The van der Waals surface area contributed by atoms with Crippen LogP contribution in [0.25, 0.3) is 11.1 Å². The Balaban J connectivity index is 1.66. The van der Waals surface area contributed by atoms with E-state index in [9.17, 15) is 14.7 Å². The topological polar surface area (TPSA) is 87.7 Å². The van der Waals surface area contributed by atoms with Gasteiger partial charge >= 0.3 is 12.1 Å². The van der Waals surface area contributed by atoms with Gasteiger partial charge in [-0.2, -0.15) is 0 Å². The van der Waals surface area contributed by atoms with E-state index < -0.39 is 17.6 Å². The van der Waals surface area contributed by atoms with Crippen LogP contribution in [0.3, 0.4) is 0 Å². The van der Waals surface area contributed by atoms with Crippen molar-refractivity contribution in [2.75, 3.05) is 6.61 Å². The SMILES string of the molecule is C=CC[C@](C)(NNC(=O)OCC1c2ccccc2-c2ccccc21)C(=O)O. The van der Waals surface area contributed by atoms with Crippen molar-refractivity contribution < 1.29 is 19.4 Å². The average Bonchev–Trinajstić information content (AvgIpc) is 2.99. The summed E-state index contributed by atoms with van der Waals surface area (Å²) >= 11 is 0. The van der Waals surface area contributed by atoms with Gasteiger partial charge in [0.25, 0.3) is 0 Å². The average molecular weight is 366 g/mol. The number of ether oxygens (including phenoxy) is 1. The highest BCUT2D eigenvalue weighted by molar-refractivity contribution is 5.80. The smallest absolute Gasteiger partial charge is 0.421 e. The lowest BCUT2D eigenvalue weighted by Gasteiger charge is -2.25. The first-order valence-electron chi connectivity index (χ1n) is 8.69. The lowest BCUT2D eigenvalue weighted by Crippen LogP contribution is -2.57. The van der Waals surface area contributed by atoms with Crippen LogP contribution in [0, 0.1) is 0 Å². The minimum absolute atomic E-state index is 0.0535. The zero-order valence-electron chi connectivity index (χ0n) is 15.1. The zero-order valence-corrected chi connectivity index (χ0v) is 15.1. The molecule has 1 aliphatic carbocycles. The first kappa shape index (κ1) is 18.7. The summed E-state index contributed by atoms with van der Waals surface area (Å²) in [5.74, 6) is -1.15. The summed E-state index contributed by atoms with van der Waals surface area (Å²) in [7, 11) is 0. The minimum Gasteiger partial charge on any atom is -0.480 e. The minimum atomic E-state index is -1.35. The molecule has 0 radical (unpaired) electrons. The Labute approximate surface area is 157 Å². The van der Waals surface area contributed by atoms with Crippen LogP contribution in [-0.4, -0.2) is 29.3 Å². The van der Waals surface area contributed by atoms with Crippen molar-refractivity contribution in [2.45, 2.75) is 24.8 Å². The summed E-state index contributed by atoms with van der Waals surface area (Å²) in [4.78, 5) is 23.4. The van der Waals surface area contributed by atoms with Gasteiger partial charge in [-0.05, 0) is 35.6 Å². The highest BCUT2D eigenvalue weighted by atomic mass is 16.6. The predicted octanol–water partition coefficient (Wildman–Crippen LogP) is 3.45. The highest BCUT2D eigenvalue weighted by Crippen LogP contribution is 2.44. The molecule has 140 valence electrons. The van der Waals surface area contributed by atoms with Crippen LogP contribution < -0.4 is 10.9 Å². The quantitative estimate of drug-likeness (QED) is 0.516. The van der Waals surface area contributed by atoms with Crippen LogP contribution in [0.15, 0.2) is 61.2 Å². The molecule has 1 amide bonds. The molecule has 0 fully saturated rings. The number of hydrogen-bond acceptors (Lipinski definition) is 4. The molecule has 1 aliphatic rings. The normalized spacial score (nSPS) is 14.6. The molecular formula is C21H22N2O4. The fourth-order valence-corrected chi connectivity index (χ4v) is 3.30. The molecule has 0 aliphatic heterocycles. The monoisotopic (exact) mass is 366 g/mol. The molecule has 0 spiro atoms. The standard InChI is InChI=1S/C21H22N2O4/c1-3-12-21(2,19(24)25)23-22-20(26)27-13-18-16-10-6-4-8-14(16)15-9-5-7-11-17(15)18/h3-11,18,23H,1,12-13H2,2H3,(H,22,26)(H,24,25)/t21-/m0/s1. The fraction of sp³-hybridized carbons (Fsp3) is 0.238. The molecule has 3 N–H and O–H groups in total. The summed E-state index contributed by atoms with van der Waals surface area (Å²) in [6.45, 7) is 5.16. The number of hydrazine groups is 1. The van der Waals surface area contributed by atoms with Gasteiger partial charge in [0.1, 0.15) is 12.1 Å². The third-order valence-corrected chi connectivity index (χ3v) is 4.81. The van der Waals surface area contributed by atoms with E-state index >= 15 is 0 Å². The Morgan fingerprint density at radius 3 is 2.22 bits per heavy atom. The Bertz CT molecular complexity index is 834. The molecular weight excluding hydrogens is 344 g/mol. The van der Waals surface area contributed by atoms with E-state index in [0.717, 1.165) is 22.3 Å². The molecule has 2 aromatic rings. The molecule has 27 heavy (non-hydrogen) atoms. The van der Waals surface area contributed by atoms with Crippen LogP contribution in [0.4, 0.5) is 4.79 Å². The fourth-order valence-electron chi connectivity index (χ4n) is 3.30. The van der Waals surface area contributed by atoms with Crippen molar-refractivity contribution in [3.8, 4) is 11.1 Å². The molecule has 0 saturated carbocycles. The number of hydrogen-bond donors (Lipinski definition) is 3. The van der Waals surface area contributed by atoms with Gasteiger partial charge in [-0.1, -0.05) is 54.6 Å². The Hall–Kier alpha value is -3.12. The maximum Gasteiger partial charge on any atom is 0.421 e. The van der Waals surface area contributed by atoms with Gasteiger partial charge in [-0.25, -0.2) is 10.2 Å². The number of rotatable bonds is 7. The third-order valence-electron chi connectivity index (χ3n) is 4.81. The lowest BCUT2D eigenvalue weighted by atomic mass is 9.98. The lowest BCUT2D eigenvalue weighted by molar-refractivity contribution is -0.144. The number of carbonyl (C=O) groups is 2. The number of fused-ring (bicyclic) bond motifs is 3. The van der Waals surface area contributed by atoms with Crippen LogP contribution in [0.1, 0.15) is 30.4 Å². The third kappa shape index (κ3) is 3.71. The van der Waals surface area contributed by atoms with Crippen molar-refractivity contribution in [2.24, 2.45) is 0 Å². The van der Waals surface area contributed by atoms with Crippen LogP contribution in [-0.2, 0) is 9.53 Å². The van der Waals surface area contributed by atoms with E-state index in [-0.39, 0.29) is 18.9 Å². The van der Waals surface area contributed by atoms with Gasteiger partial charge in [0, 0.05) is 5.92 Å². The second kappa shape index (κ2) is 7.63. The molecule has 6 heteroatoms. The van der Waals surface area contributed by atoms with Gasteiger partial charge in [0.15, 0.2) is 0 Å². The van der Waals surface area contributed by atoms with E-state index in [1.54, 1.807) is 0 Å². The summed E-state index contributed by atoms with van der Waals surface area (Å²) in [6.07, 6.45) is 0.889. The van der Waals surface area contributed by atoms with Gasteiger partial charge in [0.05, 0.1) is 0 Å². The van der Waals surface area contributed by atoms with Gasteiger partial charge in [-0.15, -0.1) is 6.58 Å². The van der Waals surface area contributed by atoms with E-state index in [0.29, 0.717) is 0 Å². The number of aliphatic carboxylic acids is 1. The first-order valence-corrected chi connectivity index (χ1v) is 8.69. The highest BCUT2D eigenvalue weighted by Gasteiger charge is 2.33. The van der Waals surface area contributed by atoms with Crippen molar-refractivity contribution in [1.29, 1.82) is 0 Å². The number of benzene rings is 2.